The van der Waals surface area contributed by atoms with E-state index in [1.807, 2.05) is 18.2 Å². The highest BCUT2D eigenvalue weighted by molar-refractivity contribution is 9.10. The van der Waals surface area contributed by atoms with Gasteiger partial charge in [-0.05, 0) is 42.2 Å². The summed E-state index contributed by atoms with van der Waals surface area (Å²) in [7, 11) is 3.01. The van der Waals surface area contributed by atoms with E-state index in [1.54, 1.807) is 13.3 Å². The second-order valence-electron chi connectivity index (χ2n) is 5.40. The topological polar surface area (TPSA) is 47.9 Å². The van der Waals surface area contributed by atoms with Crippen molar-refractivity contribution in [3.63, 3.8) is 0 Å². The molecule has 0 fully saturated rings. The Balaban J connectivity index is 3.00. The van der Waals surface area contributed by atoms with E-state index < -0.39 is 6.04 Å². The Morgan fingerprint density at radius 2 is 2.08 bits per heavy atom. The van der Waals surface area contributed by atoms with Gasteiger partial charge in [0, 0.05) is 17.1 Å². The molecule has 1 aromatic carbocycles. The van der Waals surface area contributed by atoms with Crippen LogP contribution in [0.2, 0.25) is 0 Å². The maximum absolute atomic E-state index is 12.1. The zero-order chi connectivity index (χ0) is 17.9. The summed E-state index contributed by atoms with van der Waals surface area (Å²) >= 11 is 3.52. The Morgan fingerprint density at radius 1 is 1.33 bits per heavy atom. The molecule has 1 aromatic rings. The number of aliphatic imine (C=N–C) groups is 1. The van der Waals surface area contributed by atoms with E-state index in [4.69, 9.17) is 9.47 Å². The van der Waals surface area contributed by atoms with Crippen molar-refractivity contribution in [2.75, 3.05) is 14.2 Å². The third-order valence-electron chi connectivity index (χ3n) is 3.66. The van der Waals surface area contributed by atoms with Crippen LogP contribution in [0.15, 0.2) is 39.3 Å². The smallest absolute Gasteiger partial charge is 0.330 e. The maximum atomic E-state index is 12.1. The molecule has 0 heterocycles. The summed E-state index contributed by atoms with van der Waals surface area (Å²) in [5.74, 6) is 0.407. The molecule has 0 bridgehead atoms. The van der Waals surface area contributed by atoms with Gasteiger partial charge in [-0.2, -0.15) is 0 Å². The van der Waals surface area contributed by atoms with Crippen molar-refractivity contribution in [2.45, 2.75) is 45.6 Å². The lowest BCUT2D eigenvalue weighted by Gasteiger charge is -2.13. The first-order valence-corrected chi connectivity index (χ1v) is 8.97. The molecule has 0 spiro atoms. The van der Waals surface area contributed by atoms with E-state index in [2.05, 4.69) is 40.8 Å². The summed E-state index contributed by atoms with van der Waals surface area (Å²) in [5.41, 5.74) is 2.09. The monoisotopic (exact) mass is 395 g/mol. The minimum atomic E-state index is -0.574. The fourth-order valence-corrected chi connectivity index (χ4v) is 2.59. The molecule has 0 amide bonds. The van der Waals surface area contributed by atoms with Gasteiger partial charge in [0.2, 0.25) is 0 Å². The van der Waals surface area contributed by atoms with Gasteiger partial charge in [0.05, 0.1) is 14.2 Å². The highest BCUT2D eigenvalue weighted by Crippen LogP contribution is 2.24. The fraction of sp³-hybridized carbons (Fsp3) is 0.474. The molecule has 4 nitrogen and oxygen atoms in total. The summed E-state index contributed by atoms with van der Waals surface area (Å²) in [4.78, 5) is 16.6. The molecule has 1 unspecified atom stereocenters. The van der Waals surface area contributed by atoms with Crippen LogP contribution in [0.3, 0.4) is 0 Å². The van der Waals surface area contributed by atoms with Gasteiger partial charge in [-0.15, -0.1) is 0 Å². The number of carbonyl (C=O) groups excluding carboxylic acids is 1. The summed E-state index contributed by atoms with van der Waals surface area (Å²) in [6.45, 7) is 4.22. The lowest BCUT2D eigenvalue weighted by atomic mass is 10.1. The summed E-state index contributed by atoms with van der Waals surface area (Å²) in [6, 6.07) is 5.11. The lowest BCUT2D eigenvalue weighted by molar-refractivity contribution is -0.142. The Hall–Kier alpha value is -1.62. The van der Waals surface area contributed by atoms with Gasteiger partial charge in [-0.25, -0.2) is 4.79 Å². The average molecular weight is 396 g/mol. The zero-order valence-corrected chi connectivity index (χ0v) is 16.4. The largest absolute Gasteiger partial charge is 0.497 e. The highest BCUT2D eigenvalue weighted by atomic mass is 79.9. The number of hydrogen-bond donors (Lipinski definition) is 0. The quantitative estimate of drug-likeness (QED) is 0.447. The summed E-state index contributed by atoms with van der Waals surface area (Å²) < 4.78 is 11.1. The van der Waals surface area contributed by atoms with Crippen LogP contribution < -0.4 is 4.74 Å². The number of esters is 1. The van der Waals surface area contributed by atoms with Gasteiger partial charge in [0.25, 0.3) is 0 Å². The number of rotatable bonds is 9. The first kappa shape index (κ1) is 20.4. The number of benzene rings is 1. The summed E-state index contributed by atoms with van der Waals surface area (Å²) in [5, 5.41) is 0. The number of unbranched alkanes of at least 4 members (excludes halogenated alkanes) is 1. The lowest BCUT2D eigenvalue weighted by Crippen LogP contribution is -2.23. The van der Waals surface area contributed by atoms with Crippen molar-refractivity contribution in [3.8, 4) is 5.75 Å². The van der Waals surface area contributed by atoms with Crippen LogP contribution in [0.25, 0.3) is 0 Å². The van der Waals surface area contributed by atoms with E-state index in [1.165, 1.54) is 7.11 Å². The molecule has 0 aromatic heterocycles. The molecule has 24 heavy (non-hydrogen) atoms. The average Bonchev–Trinajstić information content (AvgIpc) is 2.61. The molecule has 5 heteroatoms. The van der Waals surface area contributed by atoms with E-state index >= 15 is 0 Å². The van der Waals surface area contributed by atoms with Gasteiger partial charge in [-0.1, -0.05) is 42.3 Å². The normalized spacial score (nSPS) is 13.1. The van der Waals surface area contributed by atoms with Crippen LogP contribution >= 0.6 is 15.9 Å². The molecule has 0 aliphatic carbocycles. The van der Waals surface area contributed by atoms with Gasteiger partial charge in [0.15, 0.2) is 6.04 Å². The number of nitrogens with zero attached hydrogens (tertiary/aromatic N) is 1. The molecule has 0 aliphatic heterocycles. The molecule has 0 saturated carbocycles. The first-order valence-electron chi connectivity index (χ1n) is 8.18. The second-order valence-corrected chi connectivity index (χ2v) is 6.25. The second kappa shape index (κ2) is 11.0. The van der Waals surface area contributed by atoms with Crippen molar-refractivity contribution < 1.29 is 14.3 Å². The molecule has 0 N–H and O–H groups in total. The number of methoxy groups -OCH3 is 2. The van der Waals surface area contributed by atoms with Crippen molar-refractivity contribution in [2.24, 2.45) is 4.99 Å². The SMILES string of the molecule is CCC/C=C(\C=NC(Cc1cc(OC)ccc1Br)C(=O)OC)CC. The van der Waals surface area contributed by atoms with E-state index in [0.717, 1.165) is 40.6 Å². The van der Waals surface area contributed by atoms with Gasteiger partial charge in [0.1, 0.15) is 5.75 Å². The molecule has 1 atom stereocenters. The molecule has 0 radical (unpaired) electrons. The van der Waals surface area contributed by atoms with Crippen LogP contribution in [-0.4, -0.2) is 32.4 Å². The molecule has 0 saturated heterocycles. The van der Waals surface area contributed by atoms with Gasteiger partial charge < -0.3 is 9.47 Å². The first-order chi connectivity index (χ1) is 11.5. The summed E-state index contributed by atoms with van der Waals surface area (Å²) in [6.07, 6.45) is 7.41. The third-order valence-corrected chi connectivity index (χ3v) is 4.44. The minimum absolute atomic E-state index is 0.341. The Kier molecular flexibility index (Phi) is 9.38. The molecular weight excluding hydrogens is 370 g/mol. The number of hydrogen-bond acceptors (Lipinski definition) is 4. The van der Waals surface area contributed by atoms with Crippen molar-refractivity contribution in [1.29, 1.82) is 0 Å². The Bertz CT molecular complexity index is 596. The van der Waals surface area contributed by atoms with Crippen molar-refractivity contribution in [3.05, 3.63) is 39.9 Å². The van der Waals surface area contributed by atoms with Crippen LogP contribution in [0.1, 0.15) is 38.7 Å². The Labute approximate surface area is 153 Å². The zero-order valence-electron chi connectivity index (χ0n) is 14.8. The Morgan fingerprint density at radius 3 is 2.67 bits per heavy atom. The maximum Gasteiger partial charge on any atom is 0.330 e. The van der Waals surface area contributed by atoms with E-state index in [0.29, 0.717) is 6.42 Å². The number of halogens is 1. The van der Waals surface area contributed by atoms with Gasteiger partial charge in [-0.3, -0.25) is 4.99 Å². The van der Waals surface area contributed by atoms with Crippen LogP contribution in [0.4, 0.5) is 0 Å². The van der Waals surface area contributed by atoms with Crippen LogP contribution in [0.5, 0.6) is 5.75 Å². The van der Waals surface area contributed by atoms with Crippen LogP contribution in [0, 0.1) is 0 Å². The molecule has 132 valence electrons. The predicted octanol–water partition coefficient (Wildman–Crippen LogP) is 4.75. The fourth-order valence-electron chi connectivity index (χ4n) is 2.18. The standard InChI is InChI=1S/C19H26BrNO3/c1-5-7-8-14(6-2)13-21-18(19(22)24-4)12-15-11-16(23-3)9-10-17(15)20/h8-11,13,18H,5-7,12H2,1-4H3/b14-8-,21-13?. The van der Waals surface area contributed by atoms with Crippen molar-refractivity contribution in [1.82, 2.24) is 0 Å². The number of ether oxygens (including phenoxy) is 2. The van der Waals surface area contributed by atoms with Gasteiger partial charge >= 0.3 is 5.97 Å². The van der Waals surface area contributed by atoms with E-state index in [-0.39, 0.29) is 5.97 Å². The number of allylic oxidation sites excluding steroid dienone is 2. The molecule has 1 rings (SSSR count). The van der Waals surface area contributed by atoms with Crippen LogP contribution in [-0.2, 0) is 16.0 Å². The highest BCUT2D eigenvalue weighted by Gasteiger charge is 2.19. The predicted molar refractivity (Wildman–Crippen MR) is 102 cm³/mol. The number of carbonyl (C=O) groups is 1. The third kappa shape index (κ3) is 6.48. The minimum Gasteiger partial charge on any atom is -0.497 e. The molecule has 0 aliphatic rings. The van der Waals surface area contributed by atoms with E-state index in [9.17, 15) is 4.79 Å². The van der Waals surface area contributed by atoms with Crippen molar-refractivity contribution >= 4 is 28.1 Å². The molecular formula is C19H26BrNO3.